The van der Waals surface area contributed by atoms with Crippen LogP contribution in [0.3, 0.4) is 0 Å². The highest BCUT2D eigenvalue weighted by molar-refractivity contribution is 5.89. The molecule has 2 fully saturated rings. The van der Waals surface area contributed by atoms with Crippen LogP contribution in [0.5, 0.6) is 0 Å². The van der Waals surface area contributed by atoms with Gasteiger partial charge in [0.05, 0.1) is 0 Å². The molecule has 0 bridgehead atoms. The second-order valence-electron chi connectivity index (χ2n) is 7.34. The molecule has 2 aliphatic heterocycles. The average molecular weight is 305 g/mol. The largest absolute Gasteiger partial charge is 0.368 e. The van der Waals surface area contributed by atoms with E-state index in [1.54, 1.807) is 0 Å². The molecule has 1 aliphatic carbocycles. The minimum atomic E-state index is -0.453. The Bertz CT molecular complexity index is 423. The quantitative estimate of drug-likeness (QED) is 0.730. The first kappa shape index (κ1) is 16.0. The zero-order chi connectivity index (χ0) is 15.4. The molecule has 0 radical (unpaired) electrons. The molecule has 3 aliphatic rings. The van der Waals surface area contributed by atoms with Crippen LogP contribution in [0.25, 0.3) is 0 Å². The zero-order valence-corrected chi connectivity index (χ0v) is 13.7. The fraction of sp³-hybridized carbons (Fsp3) is 0.833. The third kappa shape index (κ3) is 3.54. The van der Waals surface area contributed by atoms with Gasteiger partial charge in [0.25, 0.3) is 0 Å². The molecule has 3 unspecified atom stereocenters. The molecular weight excluding hydrogens is 274 g/mol. The molecule has 3 rings (SSSR count). The summed E-state index contributed by atoms with van der Waals surface area (Å²) in [6, 6.07) is 0.589. The third-order valence-corrected chi connectivity index (χ3v) is 5.79. The lowest BCUT2D eigenvalue weighted by Gasteiger charge is -2.26. The number of allylic oxidation sites excluding steroid dienone is 1. The number of fused-ring (bicyclic) bond motifs is 2. The molecular formula is C18H31N3O. The van der Waals surface area contributed by atoms with Gasteiger partial charge >= 0.3 is 0 Å². The number of carbonyl (C=O) groups is 1. The Labute approximate surface area is 134 Å². The summed E-state index contributed by atoms with van der Waals surface area (Å²) in [5.74, 6) is 0.140. The smallest absolute Gasteiger partial charge is 0.238 e. The van der Waals surface area contributed by atoms with E-state index in [1.807, 2.05) is 0 Å². The van der Waals surface area contributed by atoms with Gasteiger partial charge in [-0.3, -0.25) is 9.69 Å². The van der Waals surface area contributed by atoms with E-state index >= 15 is 0 Å². The lowest BCUT2D eigenvalue weighted by Crippen LogP contribution is -2.50. The highest BCUT2D eigenvalue weighted by Gasteiger charge is 2.57. The number of nitrogens with zero attached hydrogens (tertiary/aromatic N) is 1. The SMILES string of the molecule is NC(=O)C12CC1/C=C\CCCCCCCN1CCCC1CN2. The molecule has 4 heteroatoms. The molecule has 4 nitrogen and oxygen atoms in total. The zero-order valence-electron chi connectivity index (χ0n) is 13.7. The standard InChI is InChI=1S/C18H31N3O/c19-17(22)18-13-15(18)9-6-4-2-1-3-5-7-11-21-12-8-10-16(21)14-20-18/h6,9,15-16,20H,1-5,7-8,10-14H2,(H2,19,22)/b9-6-. The molecule has 0 aromatic carbocycles. The molecule has 1 amide bonds. The maximum Gasteiger partial charge on any atom is 0.238 e. The highest BCUT2D eigenvalue weighted by Crippen LogP contribution is 2.44. The van der Waals surface area contributed by atoms with Crippen molar-refractivity contribution in [2.24, 2.45) is 11.7 Å². The molecule has 0 aromatic heterocycles. The van der Waals surface area contributed by atoms with Gasteiger partial charge < -0.3 is 11.1 Å². The summed E-state index contributed by atoms with van der Waals surface area (Å²) >= 11 is 0. The van der Waals surface area contributed by atoms with E-state index in [0.29, 0.717) is 12.0 Å². The van der Waals surface area contributed by atoms with Gasteiger partial charge in [0.15, 0.2) is 0 Å². The fourth-order valence-electron chi connectivity index (χ4n) is 4.18. The Morgan fingerprint density at radius 1 is 1.14 bits per heavy atom. The van der Waals surface area contributed by atoms with Crippen molar-refractivity contribution in [2.75, 3.05) is 19.6 Å². The van der Waals surface area contributed by atoms with Crippen LogP contribution in [0, 0.1) is 5.92 Å². The monoisotopic (exact) mass is 305 g/mol. The number of primary amides is 1. The van der Waals surface area contributed by atoms with E-state index < -0.39 is 5.54 Å². The van der Waals surface area contributed by atoms with Crippen LogP contribution < -0.4 is 11.1 Å². The maximum atomic E-state index is 11.9. The topological polar surface area (TPSA) is 58.4 Å². The Hall–Kier alpha value is -0.870. The first-order valence-electron chi connectivity index (χ1n) is 9.18. The van der Waals surface area contributed by atoms with Crippen LogP contribution >= 0.6 is 0 Å². The highest BCUT2D eigenvalue weighted by atomic mass is 16.1. The molecule has 124 valence electrons. The molecule has 1 saturated heterocycles. The minimum absolute atomic E-state index is 0.170. The Morgan fingerprint density at radius 2 is 1.91 bits per heavy atom. The lowest BCUT2D eigenvalue weighted by atomic mass is 10.1. The number of amides is 1. The number of rotatable bonds is 1. The predicted molar refractivity (Wildman–Crippen MR) is 89.5 cm³/mol. The van der Waals surface area contributed by atoms with Crippen molar-refractivity contribution in [1.82, 2.24) is 10.2 Å². The first-order valence-corrected chi connectivity index (χ1v) is 9.18. The van der Waals surface area contributed by atoms with Crippen molar-refractivity contribution < 1.29 is 4.79 Å². The van der Waals surface area contributed by atoms with Crippen LogP contribution in [0.15, 0.2) is 12.2 Å². The van der Waals surface area contributed by atoms with Gasteiger partial charge in [-0.1, -0.05) is 31.4 Å². The van der Waals surface area contributed by atoms with Crippen LogP contribution in [0.4, 0.5) is 0 Å². The van der Waals surface area contributed by atoms with E-state index in [1.165, 1.54) is 58.0 Å². The first-order chi connectivity index (χ1) is 10.7. The van der Waals surface area contributed by atoms with Gasteiger partial charge in [-0.2, -0.15) is 0 Å². The van der Waals surface area contributed by atoms with E-state index in [0.717, 1.165) is 19.4 Å². The number of nitrogens with one attached hydrogen (secondary N) is 1. The summed E-state index contributed by atoms with van der Waals surface area (Å²) in [5.41, 5.74) is 5.24. The van der Waals surface area contributed by atoms with Gasteiger partial charge in [-0.15, -0.1) is 0 Å². The van der Waals surface area contributed by atoms with Gasteiger partial charge in [0.1, 0.15) is 5.54 Å². The van der Waals surface area contributed by atoms with E-state index in [-0.39, 0.29) is 5.91 Å². The Kier molecular flexibility index (Phi) is 5.19. The van der Waals surface area contributed by atoms with Crippen molar-refractivity contribution in [1.29, 1.82) is 0 Å². The summed E-state index contributed by atoms with van der Waals surface area (Å²) in [4.78, 5) is 14.5. The van der Waals surface area contributed by atoms with Crippen molar-refractivity contribution >= 4 is 5.91 Å². The van der Waals surface area contributed by atoms with Gasteiger partial charge in [0, 0.05) is 18.5 Å². The second-order valence-corrected chi connectivity index (χ2v) is 7.34. The minimum Gasteiger partial charge on any atom is -0.368 e. The van der Waals surface area contributed by atoms with Crippen LogP contribution in [0.1, 0.15) is 57.8 Å². The van der Waals surface area contributed by atoms with E-state index in [2.05, 4.69) is 22.4 Å². The Morgan fingerprint density at radius 3 is 2.77 bits per heavy atom. The summed E-state index contributed by atoms with van der Waals surface area (Å²) in [6.07, 6.45) is 15.7. The number of nitrogens with two attached hydrogens (primary N) is 1. The fourth-order valence-corrected chi connectivity index (χ4v) is 4.18. The molecule has 2 heterocycles. The Balaban J connectivity index is 1.64. The van der Waals surface area contributed by atoms with Crippen LogP contribution in [0.2, 0.25) is 0 Å². The third-order valence-electron chi connectivity index (χ3n) is 5.79. The van der Waals surface area contributed by atoms with E-state index in [4.69, 9.17) is 5.73 Å². The van der Waals surface area contributed by atoms with Crippen molar-refractivity contribution in [3.8, 4) is 0 Å². The normalized spacial score (nSPS) is 39.1. The number of hydrogen-bond acceptors (Lipinski definition) is 3. The number of carbonyl (C=O) groups excluding carboxylic acids is 1. The molecule has 3 atom stereocenters. The second kappa shape index (κ2) is 7.14. The van der Waals surface area contributed by atoms with Crippen molar-refractivity contribution in [3.05, 3.63) is 12.2 Å². The maximum absolute atomic E-state index is 11.9. The lowest BCUT2D eigenvalue weighted by molar-refractivity contribution is -0.121. The molecule has 3 N–H and O–H groups in total. The van der Waals surface area contributed by atoms with E-state index in [9.17, 15) is 4.79 Å². The van der Waals surface area contributed by atoms with Crippen molar-refractivity contribution in [3.63, 3.8) is 0 Å². The number of hydrogen-bond donors (Lipinski definition) is 2. The van der Waals surface area contributed by atoms with Crippen molar-refractivity contribution in [2.45, 2.75) is 69.4 Å². The summed E-state index contributed by atoms with van der Waals surface area (Å²) < 4.78 is 0. The molecule has 0 aromatic rings. The summed E-state index contributed by atoms with van der Waals surface area (Å²) in [7, 11) is 0. The van der Waals surface area contributed by atoms with Gasteiger partial charge in [-0.25, -0.2) is 0 Å². The summed E-state index contributed by atoms with van der Waals surface area (Å²) in [5, 5.41) is 3.54. The average Bonchev–Trinajstić information content (AvgIpc) is 3.04. The van der Waals surface area contributed by atoms with Crippen LogP contribution in [-0.2, 0) is 4.79 Å². The van der Waals surface area contributed by atoms with Gasteiger partial charge in [-0.05, 0) is 51.6 Å². The summed E-state index contributed by atoms with van der Waals surface area (Å²) in [6.45, 7) is 3.35. The van der Waals surface area contributed by atoms with Gasteiger partial charge in [0.2, 0.25) is 5.91 Å². The predicted octanol–water partition coefficient (Wildman–Crippen LogP) is 2.19. The molecule has 22 heavy (non-hydrogen) atoms. The molecule has 1 saturated carbocycles. The van der Waals surface area contributed by atoms with Crippen LogP contribution in [-0.4, -0.2) is 42.0 Å². The molecule has 0 spiro atoms.